The topological polar surface area (TPSA) is 68.5 Å². The second-order valence-electron chi connectivity index (χ2n) is 4.79. The van der Waals surface area contributed by atoms with Crippen molar-refractivity contribution in [2.75, 3.05) is 5.32 Å². The second kappa shape index (κ2) is 5.70. The summed E-state index contributed by atoms with van der Waals surface area (Å²) in [4.78, 5) is 12.8. The minimum Gasteiger partial charge on any atom is -0.350 e. The van der Waals surface area contributed by atoms with Crippen molar-refractivity contribution in [2.24, 2.45) is 0 Å². The van der Waals surface area contributed by atoms with E-state index in [4.69, 9.17) is 0 Å². The molecule has 0 spiro atoms. The van der Waals surface area contributed by atoms with Crippen LogP contribution in [0.1, 0.15) is 17.0 Å². The van der Waals surface area contributed by atoms with Crippen molar-refractivity contribution in [2.45, 2.75) is 20.4 Å². The summed E-state index contributed by atoms with van der Waals surface area (Å²) in [5.74, 6) is 1.33. The summed E-state index contributed by atoms with van der Waals surface area (Å²) >= 11 is 0. The molecule has 0 saturated carbocycles. The summed E-state index contributed by atoms with van der Waals surface area (Å²) in [7, 11) is 0. The van der Waals surface area contributed by atoms with Crippen LogP contribution in [0.15, 0.2) is 42.9 Å². The molecule has 3 aromatic heterocycles. The zero-order valence-electron chi connectivity index (χ0n) is 12.0. The van der Waals surface area contributed by atoms with Gasteiger partial charge in [-0.05, 0) is 31.5 Å². The maximum atomic E-state index is 4.49. The third-order valence-corrected chi connectivity index (χ3v) is 3.04. The van der Waals surface area contributed by atoms with Gasteiger partial charge in [0.15, 0.2) is 5.82 Å². The molecule has 0 atom stereocenters. The number of hydrogen-bond acceptors (Lipinski definition) is 5. The number of rotatable bonds is 4. The van der Waals surface area contributed by atoms with Gasteiger partial charge in [-0.3, -0.25) is 4.98 Å². The fourth-order valence-corrected chi connectivity index (χ4v) is 2.10. The van der Waals surface area contributed by atoms with Gasteiger partial charge < -0.3 is 5.32 Å². The van der Waals surface area contributed by atoms with Gasteiger partial charge in [-0.1, -0.05) is 6.07 Å². The number of aromatic nitrogens is 5. The number of nitrogens with one attached hydrogen (secondary N) is 1. The highest BCUT2D eigenvalue weighted by molar-refractivity contribution is 5.33. The minimum atomic E-state index is 0.573. The lowest BCUT2D eigenvalue weighted by atomic mass is 10.3. The maximum absolute atomic E-state index is 4.49. The third kappa shape index (κ3) is 3.05. The fraction of sp³-hybridized carbons (Fsp3) is 0.200. The van der Waals surface area contributed by atoms with Gasteiger partial charge in [0.05, 0.1) is 5.69 Å². The molecule has 6 nitrogen and oxygen atoms in total. The monoisotopic (exact) mass is 280 g/mol. The Morgan fingerprint density at radius 1 is 1.19 bits per heavy atom. The lowest BCUT2D eigenvalue weighted by Crippen LogP contribution is -2.08. The Kier molecular flexibility index (Phi) is 3.59. The smallest absolute Gasteiger partial charge is 0.224 e. The van der Waals surface area contributed by atoms with E-state index in [2.05, 4.69) is 25.4 Å². The molecule has 0 aliphatic carbocycles. The van der Waals surface area contributed by atoms with E-state index in [-0.39, 0.29) is 0 Å². The Bertz CT molecular complexity index is 735. The first-order valence-corrected chi connectivity index (χ1v) is 6.72. The first kappa shape index (κ1) is 13.2. The van der Waals surface area contributed by atoms with Crippen molar-refractivity contribution in [3.63, 3.8) is 0 Å². The van der Waals surface area contributed by atoms with E-state index in [0.717, 1.165) is 22.8 Å². The van der Waals surface area contributed by atoms with Crippen LogP contribution in [-0.4, -0.2) is 24.7 Å². The SMILES string of the molecule is Cc1cc(C)n(-c2ccnc(NCc3cccnc3)n2)n1. The van der Waals surface area contributed by atoms with E-state index in [1.54, 1.807) is 12.4 Å². The van der Waals surface area contributed by atoms with E-state index in [9.17, 15) is 0 Å². The number of aryl methyl sites for hydroxylation is 2. The van der Waals surface area contributed by atoms with Gasteiger partial charge in [0.25, 0.3) is 0 Å². The molecule has 0 radical (unpaired) electrons. The summed E-state index contributed by atoms with van der Waals surface area (Å²) in [6.07, 6.45) is 5.30. The Balaban J connectivity index is 1.79. The number of pyridine rings is 1. The molecule has 0 aliphatic heterocycles. The zero-order valence-corrected chi connectivity index (χ0v) is 12.0. The van der Waals surface area contributed by atoms with Crippen molar-refractivity contribution >= 4 is 5.95 Å². The molecule has 0 amide bonds. The quantitative estimate of drug-likeness (QED) is 0.794. The normalized spacial score (nSPS) is 10.6. The Morgan fingerprint density at radius 3 is 2.81 bits per heavy atom. The first-order chi connectivity index (χ1) is 10.2. The van der Waals surface area contributed by atoms with Gasteiger partial charge >= 0.3 is 0 Å². The molecule has 0 aliphatic rings. The van der Waals surface area contributed by atoms with Crippen LogP contribution in [-0.2, 0) is 6.54 Å². The molecular weight excluding hydrogens is 264 g/mol. The van der Waals surface area contributed by atoms with Crippen molar-refractivity contribution < 1.29 is 0 Å². The highest BCUT2D eigenvalue weighted by atomic mass is 15.3. The van der Waals surface area contributed by atoms with Crippen LogP contribution in [0.5, 0.6) is 0 Å². The van der Waals surface area contributed by atoms with Crippen LogP contribution < -0.4 is 5.32 Å². The summed E-state index contributed by atoms with van der Waals surface area (Å²) in [6, 6.07) is 7.77. The lowest BCUT2D eigenvalue weighted by molar-refractivity contribution is 0.800. The van der Waals surface area contributed by atoms with Crippen LogP contribution in [0.3, 0.4) is 0 Å². The van der Waals surface area contributed by atoms with E-state index >= 15 is 0 Å². The van der Waals surface area contributed by atoms with Crippen LogP contribution in [0.4, 0.5) is 5.95 Å². The van der Waals surface area contributed by atoms with Gasteiger partial charge in [0.2, 0.25) is 5.95 Å². The van der Waals surface area contributed by atoms with E-state index in [1.807, 2.05) is 49.0 Å². The van der Waals surface area contributed by atoms with Crippen LogP contribution in [0.2, 0.25) is 0 Å². The van der Waals surface area contributed by atoms with Crippen molar-refractivity contribution in [1.29, 1.82) is 0 Å². The number of nitrogens with zero attached hydrogens (tertiary/aromatic N) is 5. The molecule has 21 heavy (non-hydrogen) atoms. The van der Waals surface area contributed by atoms with Gasteiger partial charge in [0.1, 0.15) is 0 Å². The van der Waals surface area contributed by atoms with E-state index in [1.165, 1.54) is 0 Å². The molecule has 3 heterocycles. The second-order valence-corrected chi connectivity index (χ2v) is 4.79. The molecule has 3 aromatic rings. The van der Waals surface area contributed by atoms with Gasteiger partial charge in [-0.25, -0.2) is 9.67 Å². The molecule has 0 fully saturated rings. The predicted molar refractivity (Wildman–Crippen MR) is 80.2 cm³/mol. The zero-order chi connectivity index (χ0) is 14.7. The summed E-state index contributed by atoms with van der Waals surface area (Å²) in [6.45, 7) is 4.60. The highest BCUT2D eigenvalue weighted by Gasteiger charge is 2.06. The Hall–Kier alpha value is -2.76. The van der Waals surface area contributed by atoms with Gasteiger partial charge in [-0.15, -0.1) is 0 Å². The van der Waals surface area contributed by atoms with Gasteiger partial charge in [-0.2, -0.15) is 10.1 Å². The summed E-state index contributed by atoms with van der Waals surface area (Å²) in [5.41, 5.74) is 3.10. The molecule has 106 valence electrons. The van der Waals surface area contributed by atoms with Crippen LogP contribution >= 0.6 is 0 Å². The standard InChI is InChI=1S/C15H16N6/c1-11-8-12(2)21(20-11)14-5-7-17-15(19-14)18-10-13-4-3-6-16-9-13/h3-9H,10H2,1-2H3,(H,17,18,19). The molecule has 6 heteroatoms. The minimum absolute atomic E-state index is 0.573. The first-order valence-electron chi connectivity index (χ1n) is 6.72. The molecule has 3 rings (SSSR count). The number of anilines is 1. The largest absolute Gasteiger partial charge is 0.350 e. The van der Waals surface area contributed by atoms with Crippen molar-refractivity contribution in [1.82, 2.24) is 24.7 Å². The average Bonchev–Trinajstić information content (AvgIpc) is 2.85. The Labute approximate surface area is 122 Å². The molecule has 0 bridgehead atoms. The molecule has 0 saturated heterocycles. The average molecular weight is 280 g/mol. The van der Waals surface area contributed by atoms with Gasteiger partial charge in [0, 0.05) is 36.9 Å². The summed E-state index contributed by atoms with van der Waals surface area (Å²) in [5, 5.41) is 7.62. The van der Waals surface area contributed by atoms with Crippen LogP contribution in [0.25, 0.3) is 5.82 Å². The van der Waals surface area contributed by atoms with E-state index < -0.39 is 0 Å². The van der Waals surface area contributed by atoms with Crippen molar-refractivity contribution in [3.05, 3.63) is 59.8 Å². The predicted octanol–water partition coefficient (Wildman–Crippen LogP) is 2.29. The number of hydrogen-bond donors (Lipinski definition) is 1. The molecule has 0 aromatic carbocycles. The van der Waals surface area contributed by atoms with Crippen molar-refractivity contribution in [3.8, 4) is 5.82 Å². The maximum Gasteiger partial charge on any atom is 0.224 e. The molecule has 1 N–H and O–H groups in total. The fourth-order valence-electron chi connectivity index (χ4n) is 2.10. The lowest BCUT2D eigenvalue weighted by Gasteiger charge is -2.07. The van der Waals surface area contributed by atoms with Crippen LogP contribution in [0, 0.1) is 13.8 Å². The Morgan fingerprint density at radius 2 is 2.10 bits per heavy atom. The van der Waals surface area contributed by atoms with E-state index in [0.29, 0.717) is 12.5 Å². The molecular formula is C15H16N6. The third-order valence-electron chi connectivity index (χ3n) is 3.04. The summed E-state index contributed by atoms with van der Waals surface area (Å²) < 4.78 is 1.81. The highest BCUT2D eigenvalue weighted by Crippen LogP contribution is 2.11. The molecule has 0 unspecified atom stereocenters.